The molecule has 10 heteroatoms. The van der Waals surface area contributed by atoms with E-state index in [1.165, 1.54) is 24.3 Å². The number of amides is 3. The van der Waals surface area contributed by atoms with Crippen LogP contribution in [0.3, 0.4) is 0 Å². The highest BCUT2D eigenvalue weighted by Crippen LogP contribution is 2.30. The number of carbonyl (C=O) groups excluding carboxylic acids is 3. The van der Waals surface area contributed by atoms with Crippen LogP contribution in [0.25, 0.3) is 0 Å². The Kier molecular flexibility index (Phi) is 10.4. The zero-order valence-corrected chi connectivity index (χ0v) is 25.3. The molecule has 2 unspecified atom stereocenters. The van der Waals surface area contributed by atoms with Gasteiger partial charge in [0, 0.05) is 12.1 Å². The first kappa shape index (κ1) is 32.5. The number of carbonyl (C=O) groups is 3. The van der Waals surface area contributed by atoms with Crippen LogP contribution in [0.1, 0.15) is 54.6 Å². The number of aryl methyl sites for hydroxylation is 3. The van der Waals surface area contributed by atoms with Gasteiger partial charge in [0.1, 0.15) is 35.7 Å². The average molecular weight is 587 g/mol. The Morgan fingerprint density at radius 2 is 1.58 bits per heavy atom. The largest absolute Gasteiger partial charge is 0.508 e. The zero-order chi connectivity index (χ0) is 31.9. The molecule has 4 N–H and O–H groups in total. The molecular formula is C33H38N4O6. The van der Waals surface area contributed by atoms with E-state index in [4.69, 9.17) is 4.74 Å². The number of rotatable bonds is 9. The van der Waals surface area contributed by atoms with Crippen molar-refractivity contribution >= 4 is 23.6 Å². The van der Waals surface area contributed by atoms with Gasteiger partial charge in [0.2, 0.25) is 5.91 Å². The summed E-state index contributed by atoms with van der Waals surface area (Å²) in [5, 5.41) is 35.3. The summed E-state index contributed by atoms with van der Waals surface area (Å²) in [6.07, 6.45) is -0.862. The van der Waals surface area contributed by atoms with E-state index in [0.717, 1.165) is 16.0 Å². The molecule has 3 aromatic rings. The highest BCUT2D eigenvalue weighted by atomic mass is 16.6. The molecule has 2 atom stereocenters. The van der Waals surface area contributed by atoms with Gasteiger partial charge in [-0.25, -0.2) is 4.79 Å². The van der Waals surface area contributed by atoms with Crippen LogP contribution < -0.4 is 10.6 Å². The monoisotopic (exact) mass is 586 g/mol. The Labute approximate surface area is 251 Å². The van der Waals surface area contributed by atoms with Crippen molar-refractivity contribution in [2.24, 2.45) is 0 Å². The highest BCUT2D eigenvalue weighted by Gasteiger charge is 2.37. The van der Waals surface area contributed by atoms with Gasteiger partial charge in [-0.3, -0.25) is 9.59 Å². The molecule has 0 aliphatic carbocycles. The molecule has 0 aromatic heterocycles. The summed E-state index contributed by atoms with van der Waals surface area (Å²) in [6, 6.07) is 15.7. The summed E-state index contributed by atoms with van der Waals surface area (Å²) < 4.78 is 5.41. The number of hydrogen-bond donors (Lipinski definition) is 4. The van der Waals surface area contributed by atoms with E-state index >= 15 is 0 Å². The van der Waals surface area contributed by atoms with E-state index in [1.807, 2.05) is 38.1 Å². The van der Waals surface area contributed by atoms with E-state index in [2.05, 4.69) is 10.6 Å². The average Bonchev–Trinajstić information content (AvgIpc) is 2.92. The van der Waals surface area contributed by atoms with Gasteiger partial charge in [-0.1, -0.05) is 36.4 Å². The second-order valence-corrected chi connectivity index (χ2v) is 11.4. The minimum absolute atomic E-state index is 0.00705. The Hall–Kier alpha value is -5.04. The fourth-order valence-corrected chi connectivity index (χ4v) is 4.62. The number of benzene rings is 3. The van der Waals surface area contributed by atoms with Crippen LogP contribution in [0.4, 0.5) is 10.5 Å². The molecule has 43 heavy (non-hydrogen) atoms. The molecule has 3 amide bonds. The molecule has 0 fully saturated rings. The SMILES string of the molecule is Cc1cc(C(C(=O)Nc2c(C)cccc2C)N(CC#N)C(=O)C(Cc2ccc(O)cc2)NC(=O)OC(C)(C)C)ccc1O. The minimum Gasteiger partial charge on any atom is -0.508 e. The van der Waals surface area contributed by atoms with Crippen molar-refractivity contribution in [2.45, 2.75) is 65.6 Å². The third kappa shape index (κ3) is 8.72. The Balaban J connectivity index is 2.10. The van der Waals surface area contributed by atoms with E-state index in [-0.39, 0.29) is 17.9 Å². The number of aromatic hydroxyl groups is 2. The summed E-state index contributed by atoms with van der Waals surface area (Å²) in [7, 11) is 0. The summed E-state index contributed by atoms with van der Waals surface area (Å²) >= 11 is 0. The van der Waals surface area contributed by atoms with E-state index in [9.17, 15) is 29.9 Å². The summed E-state index contributed by atoms with van der Waals surface area (Å²) in [5.74, 6) is -1.24. The third-order valence-corrected chi connectivity index (χ3v) is 6.72. The lowest BCUT2D eigenvalue weighted by molar-refractivity contribution is -0.140. The summed E-state index contributed by atoms with van der Waals surface area (Å²) in [5.41, 5.74) is 2.79. The lowest BCUT2D eigenvalue weighted by atomic mass is 9.98. The van der Waals surface area contributed by atoms with Gasteiger partial charge in [0.15, 0.2) is 0 Å². The molecule has 0 heterocycles. The van der Waals surface area contributed by atoms with E-state index < -0.39 is 42.1 Å². The number of phenolic OH excluding ortho intramolecular Hbond substituents is 2. The Bertz CT molecular complexity index is 1500. The van der Waals surface area contributed by atoms with Crippen molar-refractivity contribution in [2.75, 3.05) is 11.9 Å². The number of nitrogens with one attached hydrogen (secondary N) is 2. The van der Waals surface area contributed by atoms with E-state index in [1.54, 1.807) is 45.9 Å². The van der Waals surface area contributed by atoms with Crippen LogP contribution in [0, 0.1) is 32.1 Å². The second kappa shape index (κ2) is 13.7. The minimum atomic E-state index is -1.30. The van der Waals surface area contributed by atoms with Crippen molar-refractivity contribution in [3.8, 4) is 17.6 Å². The molecule has 3 rings (SSSR count). The quantitative estimate of drug-likeness (QED) is 0.252. The number of nitrogens with zero attached hydrogens (tertiary/aromatic N) is 2. The molecule has 0 aliphatic rings. The lowest BCUT2D eigenvalue weighted by Gasteiger charge is -2.33. The maximum absolute atomic E-state index is 14.3. The van der Waals surface area contributed by atoms with Crippen molar-refractivity contribution < 1.29 is 29.3 Å². The van der Waals surface area contributed by atoms with Gasteiger partial charge in [-0.2, -0.15) is 5.26 Å². The number of ether oxygens (including phenoxy) is 1. The molecule has 0 aliphatic heterocycles. The standard InChI is InChI=1S/C33H38N4O6/c1-20-8-7-9-21(2)28(20)36-30(40)29(24-12-15-27(39)22(3)18-24)37(17-16-34)31(41)26(35-32(42)43-33(4,5)6)19-23-10-13-25(38)14-11-23/h7-15,18,26,29,38-39H,17,19H2,1-6H3,(H,35,42)(H,36,40). The van der Waals surface area contributed by atoms with Gasteiger partial charge in [-0.15, -0.1) is 0 Å². The molecule has 0 saturated carbocycles. The Morgan fingerprint density at radius 3 is 2.14 bits per heavy atom. The number of phenols is 2. The van der Waals surface area contributed by atoms with Gasteiger partial charge in [0.05, 0.1) is 6.07 Å². The number of para-hydroxylation sites is 1. The summed E-state index contributed by atoms with van der Waals surface area (Å²) in [4.78, 5) is 42.3. The molecule has 10 nitrogen and oxygen atoms in total. The topological polar surface area (TPSA) is 152 Å². The predicted molar refractivity (Wildman–Crippen MR) is 162 cm³/mol. The highest BCUT2D eigenvalue weighted by molar-refractivity contribution is 6.00. The lowest BCUT2D eigenvalue weighted by Crippen LogP contribution is -2.53. The molecular weight excluding hydrogens is 548 g/mol. The van der Waals surface area contributed by atoms with Gasteiger partial charge >= 0.3 is 6.09 Å². The van der Waals surface area contributed by atoms with Crippen molar-refractivity contribution in [3.63, 3.8) is 0 Å². The third-order valence-electron chi connectivity index (χ3n) is 6.72. The van der Waals surface area contributed by atoms with Crippen LogP contribution in [0.15, 0.2) is 60.7 Å². The van der Waals surface area contributed by atoms with Crippen LogP contribution in [0.5, 0.6) is 11.5 Å². The second-order valence-electron chi connectivity index (χ2n) is 11.4. The van der Waals surface area contributed by atoms with Gasteiger partial charge in [0.25, 0.3) is 5.91 Å². The maximum atomic E-state index is 14.3. The predicted octanol–water partition coefficient (Wildman–Crippen LogP) is 5.19. The maximum Gasteiger partial charge on any atom is 0.408 e. The first-order valence-electron chi connectivity index (χ1n) is 13.8. The smallest absolute Gasteiger partial charge is 0.408 e. The van der Waals surface area contributed by atoms with Crippen molar-refractivity contribution in [3.05, 3.63) is 88.5 Å². The van der Waals surface area contributed by atoms with Crippen LogP contribution >= 0.6 is 0 Å². The molecule has 3 aromatic carbocycles. The van der Waals surface area contributed by atoms with Crippen LogP contribution in [-0.4, -0.2) is 51.2 Å². The number of nitriles is 1. The number of anilines is 1. The number of hydrogen-bond acceptors (Lipinski definition) is 7. The van der Waals surface area contributed by atoms with E-state index in [0.29, 0.717) is 22.4 Å². The Morgan fingerprint density at radius 1 is 0.953 bits per heavy atom. The van der Waals surface area contributed by atoms with Gasteiger partial charge in [-0.05, 0) is 93.6 Å². The molecule has 0 radical (unpaired) electrons. The normalized spacial score (nSPS) is 12.4. The van der Waals surface area contributed by atoms with Crippen molar-refractivity contribution in [1.82, 2.24) is 10.2 Å². The fraction of sp³-hybridized carbons (Fsp3) is 0.333. The molecule has 0 bridgehead atoms. The molecule has 0 spiro atoms. The van der Waals surface area contributed by atoms with Crippen molar-refractivity contribution in [1.29, 1.82) is 5.26 Å². The molecule has 0 saturated heterocycles. The zero-order valence-electron chi connectivity index (χ0n) is 25.3. The van der Waals surface area contributed by atoms with Crippen LogP contribution in [-0.2, 0) is 20.7 Å². The molecule has 226 valence electrons. The first-order chi connectivity index (χ1) is 20.2. The fourth-order valence-electron chi connectivity index (χ4n) is 4.62. The number of alkyl carbamates (subject to hydrolysis) is 1. The van der Waals surface area contributed by atoms with Crippen LogP contribution in [0.2, 0.25) is 0 Å². The first-order valence-corrected chi connectivity index (χ1v) is 13.8. The van der Waals surface area contributed by atoms with Gasteiger partial charge < -0.3 is 30.5 Å². The summed E-state index contributed by atoms with van der Waals surface area (Å²) in [6.45, 7) is 9.93.